The highest BCUT2D eigenvalue weighted by atomic mass is 16.5. The van der Waals surface area contributed by atoms with Crippen molar-refractivity contribution in [3.8, 4) is 5.75 Å². The molecule has 2 aliphatic carbocycles. The Hall–Kier alpha value is -3.35. The third-order valence-corrected chi connectivity index (χ3v) is 9.93. The number of aryl methyl sites for hydroxylation is 1. The van der Waals surface area contributed by atoms with E-state index in [9.17, 15) is 9.90 Å². The van der Waals surface area contributed by atoms with Crippen LogP contribution in [0.3, 0.4) is 0 Å². The van der Waals surface area contributed by atoms with E-state index in [1.54, 1.807) is 0 Å². The summed E-state index contributed by atoms with van der Waals surface area (Å²) in [5.74, 6) is 2.25. The minimum Gasteiger partial charge on any atom is -0.493 e. The first-order valence-electron chi connectivity index (χ1n) is 15.6. The summed E-state index contributed by atoms with van der Waals surface area (Å²) in [5, 5.41) is 13.8. The normalized spacial score (nSPS) is 28.2. The van der Waals surface area contributed by atoms with Crippen LogP contribution in [0.4, 0.5) is 4.79 Å². The molecule has 220 valence electrons. The molecule has 41 heavy (non-hydrogen) atoms. The van der Waals surface area contributed by atoms with Crippen LogP contribution >= 0.6 is 0 Å². The fourth-order valence-electron chi connectivity index (χ4n) is 7.43. The summed E-state index contributed by atoms with van der Waals surface area (Å²) in [4.78, 5) is 15.2. The Labute approximate surface area is 244 Å². The molecule has 0 bridgehead atoms. The standard InChI is InChI=1S/C34H45N3O4/c1-22-19-35-17-15-27-11-7-13-29(33(27)35)30-20-36(34(38)39)37(31(30)21-41-25(4)24(22)3)23(2)16-18-40-32-14-8-10-26-9-5-6-12-28(26)32/h8,10,14,21-23H,5-7,9,11-13,15-20H2,1-4H3,(H,38,39)/b25-24-,30-29-,31-21+. The van der Waals surface area contributed by atoms with Crippen LogP contribution in [-0.2, 0) is 17.6 Å². The van der Waals surface area contributed by atoms with Crippen LogP contribution < -0.4 is 4.74 Å². The van der Waals surface area contributed by atoms with Gasteiger partial charge in [-0.2, -0.15) is 0 Å². The number of hydrogen-bond donors (Lipinski definition) is 1. The van der Waals surface area contributed by atoms with Crippen molar-refractivity contribution in [3.05, 3.63) is 75.0 Å². The second-order valence-electron chi connectivity index (χ2n) is 12.5. The lowest BCUT2D eigenvalue weighted by Gasteiger charge is -2.33. The highest BCUT2D eigenvalue weighted by molar-refractivity contribution is 5.68. The van der Waals surface area contributed by atoms with Crippen LogP contribution in [0.2, 0.25) is 0 Å². The molecule has 3 aliphatic heterocycles. The minimum atomic E-state index is -0.936. The van der Waals surface area contributed by atoms with Gasteiger partial charge in [0.05, 0.1) is 30.6 Å². The predicted molar refractivity (Wildman–Crippen MR) is 160 cm³/mol. The molecule has 7 nitrogen and oxygen atoms in total. The van der Waals surface area contributed by atoms with Gasteiger partial charge >= 0.3 is 6.09 Å². The van der Waals surface area contributed by atoms with E-state index < -0.39 is 6.09 Å². The summed E-state index contributed by atoms with van der Waals surface area (Å²) >= 11 is 0. The number of rotatable bonds is 5. The SMILES string of the molecule is C/C1=C(\C)C(C)CN2CCC3=C2/C(=C2/CN(C(=O)O)N(C(C)CCOc4cccc5c4CCCC5)/C2=C/O1)CCC3. The third-order valence-electron chi connectivity index (χ3n) is 9.93. The number of carbonyl (C=O) groups is 1. The van der Waals surface area contributed by atoms with Gasteiger partial charge in [-0.05, 0) is 112 Å². The molecular weight excluding hydrogens is 514 g/mol. The number of ether oxygens (including phenoxy) is 2. The number of hydrazine groups is 1. The number of fused-ring (bicyclic) bond motifs is 2. The van der Waals surface area contributed by atoms with Gasteiger partial charge in [0.2, 0.25) is 0 Å². The molecule has 1 N–H and O–H groups in total. The summed E-state index contributed by atoms with van der Waals surface area (Å²) in [7, 11) is 0. The quantitative estimate of drug-likeness (QED) is 0.412. The van der Waals surface area contributed by atoms with Crippen molar-refractivity contribution < 1.29 is 19.4 Å². The van der Waals surface area contributed by atoms with E-state index in [-0.39, 0.29) is 6.04 Å². The Balaban J connectivity index is 1.33. The maximum Gasteiger partial charge on any atom is 0.426 e. The average molecular weight is 560 g/mol. The molecule has 1 saturated heterocycles. The van der Waals surface area contributed by atoms with E-state index in [1.807, 2.05) is 18.2 Å². The van der Waals surface area contributed by atoms with Gasteiger partial charge in [-0.25, -0.2) is 9.80 Å². The number of benzene rings is 1. The molecule has 2 unspecified atom stereocenters. The summed E-state index contributed by atoms with van der Waals surface area (Å²) < 4.78 is 12.7. The molecule has 0 spiro atoms. The molecule has 0 aromatic heterocycles. The van der Waals surface area contributed by atoms with Gasteiger partial charge in [-0.1, -0.05) is 19.1 Å². The van der Waals surface area contributed by atoms with Crippen molar-refractivity contribution in [1.82, 2.24) is 14.9 Å². The van der Waals surface area contributed by atoms with Crippen LogP contribution in [-0.4, -0.2) is 58.4 Å². The first-order valence-corrected chi connectivity index (χ1v) is 15.6. The van der Waals surface area contributed by atoms with Crippen LogP contribution in [0.1, 0.15) is 83.8 Å². The van der Waals surface area contributed by atoms with Crippen molar-refractivity contribution in [2.75, 3.05) is 26.2 Å². The van der Waals surface area contributed by atoms with Gasteiger partial charge in [0.25, 0.3) is 0 Å². The number of carboxylic acid groups (broad SMARTS) is 1. The average Bonchev–Trinajstić information content (AvgIpc) is 3.57. The maximum atomic E-state index is 12.7. The first kappa shape index (κ1) is 27.8. The molecule has 2 atom stereocenters. The molecule has 1 fully saturated rings. The molecule has 5 aliphatic rings. The van der Waals surface area contributed by atoms with Gasteiger partial charge in [0.15, 0.2) is 0 Å². The van der Waals surface area contributed by atoms with Crippen molar-refractivity contribution in [3.63, 3.8) is 0 Å². The lowest BCUT2D eigenvalue weighted by Crippen LogP contribution is -2.45. The topological polar surface area (TPSA) is 65.5 Å². The van der Waals surface area contributed by atoms with Crippen molar-refractivity contribution in [2.45, 2.75) is 91.5 Å². The molecular formula is C34H45N3O4. The molecule has 7 heteroatoms. The fourth-order valence-corrected chi connectivity index (χ4v) is 7.43. The largest absolute Gasteiger partial charge is 0.493 e. The Kier molecular flexibility index (Phi) is 7.80. The Bertz CT molecular complexity index is 1340. The van der Waals surface area contributed by atoms with E-state index in [2.05, 4.69) is 43.9 Å². The van der Waals surface area contributed by atoms with Gasteiger partial charge in [0, 0.05) is 30.8 Å². The van der Waals surface area contributed by atoms with E-state index >= 15 is 0 Å². The van der Waals surface area contributed by atoms with Gasteiger partial charge in [-0.3, -0.25) is 5.01 Å². The zero-order valence-corrected chi connectivity index (χ0v) is 25.2. The lowest BCUT2D eigenvalue weighted by atomic mass is 9.88. The summed E-state index contributed by atoms with van der Waals surface area (Å²) in [5.41, 5.74) is 10.2. The highest BCUT2D eigenvalue weighted by Crippen LogP contribution is 2.45. The fraction of sp³-hybridized carbons (Fsp3) is 0.559. The summed E-state index contributed by atoms with van der Waals surface area (Å²) in [6, 6.07) is 6.30. The molecule has 1 aromatic rings. The summed E-state index contributed by atoms with van der Waals surface area (Å²) in [6.45, 7) is 11.5. The second kappa shape index (κ2) is 11.5. The number of allylic oxidation sites excluding steroid dienone is 2. The molecule has 6 rings (SSSR count). The van der Waals surface area contributed by atoms with E-state index in [0.29, 0.717) is 25.5 Å². The van der Waals surface area contributed by atoms with Crippen molar-refractivity contribution in [2.24, 2.45) is 5.92 Å². The van der Waals surface area contributed by atoms with Crippen LogP contribution in [0.15, 0.2) is 63.9 Å². The molecule has 0 radical (unpaired) electrons. The van der Waals surface area contributed by atoms with Gasteiger partial charge in [-0.15, -0.1) is 0 Å². The zero-order chi connectivity index (χ0) is 28.7. The Morgan fingerprint density at radius 3 is 2.76 bits per heavy atom. The zero-order valence-electron chi connectivity index (χ0n) is 25.2. The lowest BCUT2D eigenvalue weighted by molar-refractivity contribution is 0.0153. The summed E-state index contributed by atoms with van der Waals surface area (Å²) in [6.07, 6.45) is 10.6. The number of amides is 1. The van der Waals surface area contributed by atoms with E-state index in [1.165, 1.54) is 51.4 Å². The number of nitrogens with zero attached hydrogens (tertiary/aromatic N) is 3. The van der Waals surface area contributed by atoms with Crippen molar-refractivity contribution in [1.29, 1.82) is 0 Å². The monoisotopic (exact) mass is 559 g/mol. The second-order valence-corrected chi connectivity index (χ2v) is 12.5. The maximum absolute atomic E-state index is 12.7. The third kappa shape index (κ3) is 5.24. The molecule has 3 heterocycles. The van der Waals surface area contributed by atoms with Crippen LogP contribution in [0.5, 0.6) is 5.75 Å². The first-order chi connectivity index (χ1) is 19.8. The number of hydrogen-bond acceptors (Lipinski definition) is 5. The minimum absolute atomic E-state index is 0.0928. The predicted octanol–water partition coefficient (Wildman–Crippen LogP) is 7.18. The van der Waals surface area contributed by atoms with Gasteiger partial charge < -0.3 is 19.5 Å². The highest BCUT2D eigenvalue weighted by Gasteiger charge is 2.41. The smallest absolute Gasteiger partial charge is 0.426 e. The molecule has 0 saturated carbocycles. The van der Waals surface area contributed by atoms with E-state index in [4.69, 9.17) is 9.47 Å². The molecule has 1 aromatic carbocycles. The van der Waals surface area contributed by atoms with Gasteiger partial charge in [0.1, 0.15) is 12.0 Å². The Morgan fingerprint density at radius 2 is 1.93 bits per heavy atom. The van der Waals surface area contributed by atoms with Crippen molar-refractivity contribution >= 4 is 6.09 Å². The molecule has 1 amide bonds. The van der Waals surface area contributed by atoms with Crippen LogP contribution in [0, 0.1) is 5.92 Å². The Morgan fingerprint density at radius 1 is 1.10 bits per heavy atom. The van der Waals surface area contributed by atoms with Crippen LogP contribution in [0.25, 0.3) is 0 Å². The van der Waals surface area contributed by atoms with E-state index in [0.717, 1.165) is 74.4 Å².